The number of aliphatic hydroxyl groups is 1. The number of halogens is 2. The molecule has 2 aromatic rings. The Kier molecular flexibility index (Phi) is 7.41. The van der Waals surface area contributed by atoms with Gasteiger partial charge in [-0.2, -0.15) is 0 Å². The fraction of sp³-hybridized carbons (Fsp3) is 0.462. The van der Waals surface area contributed by atoms with E-state index in [1.165, 1.54) is 0 Å². The Morgan fingerprint density at radius 3 is 2.65 bits per heavy atom. The Balaban J connectivity index is 1.63. The first-order valence-corrected chi connectivity index (χ1v) is 12.4. The lowest BCUT2D eigenvalue weighted by molar-refractivity contribution is -0.129. The Bertz CT molecular complexity index is 1060. The molecule has 1 heterocycles. The quantitative estimate of drug-likeness (QED) is 0.524. The highest BCUT2D eigenvalue weighted by Gasteiger charge is 2.57. The Morgan fingerprint density at radius 2 is 1.97 bits per heavy atom. The van der Waals surface area contributed by atoms with Crippen molar-refractivity contribution in [3.8, 4) is 5.75 Å². The minimum Gasteiger partial charge on any atom is -0.484 e. The normalized spacial score (nSPS) is 28.2. The molecule has 0 spiro atoms. The zero-order valence-electron chi connectivity index (χ0n) is 19.3. The van der Waals surface area contributed by atoms with Crippen LogP contribution in [0, 0.1) is 11.3 Å². The van der Waals surface area contributed by atoms with Gasteiger partial charge in [0.15, 0.2) is 6.61 Å². The van der Waals surface area contributed by atoms with E-state index in [9.17, 15) is 9.59 Å². The first-order chi connectivity index (χ1) is 16.2. The standard InChI is InChI=1S/C26H30Cl2N2O4/c1-15-24-23(16-3-5-17(27)6-4-16)20(9-10-26(24,2)25(33)30-15)19-8-7-18(13-21(19)28)34-14-22(32)29-11-12-31/h3-8,13,15,20,23-24,31H,9-12,14H2,1-2H3,(H,29,32)(H,30,33)/t15-,20+,23+,24+,26+/m1/s1. The van der Waals surface area contributed by atoms with E-state index >= 15 is 0 Å². The summed E-state index contributed by atoms with van der Waals surface area (Å²) in [4.78, 5) is 24.7. The molecule has 0 bridgehead atoms. The molecule has 0 unspecified atom stereocenters. The molecule has 0 radical (unpaired) electrons. The number of benzene rings is 2. The van der Waals surface area contributed by atoms with Gasteiger partial charge in [0.05, 0.1) is 12.0 Å². The average molecular weight is 505 g/mol. The minimum atomic E-state index is -0.433. The summed E-state index contributed by atoms with van der Waals surface area (Å²) in [6.45, 7) is 4.07. The number of hydrogen-bond donors (Lipinski definition) is 3. The van der Waals surface area contributed by atoms with Crippen LogP contribution in [0.5, 0.6) is 5.75 Å². The summed E-state index contributed by atoms with van der Waals surface area (Å²) in [6, 6.07) is 13.5. The van der Waals surface area contributed by atoms with Crippen molar-refractivity contribution in [2.24, 2.45) is 11.3 Å². The predicted molar refractivity (Wildman–Crippen MR) is 132 cm³/mol. The summed E-state index contributed by atoms with van der Waals surface area (Å²) in [5, 5.41) is 15.8. The van der Waals surface area contributed by atoms with Gasteiger partial charge in [-0.15, -0.1) is 0 Å². The van der Waals surface area contributed by atoms with Crippen LogP contribution in [0.15, 0.2) is 42.5 Å². The molecule has 3 N–H and O–H groups in total. The van der Waals surface area contributed by atoms with Crippen molar-refractivity contribution in [1.82, 2.24) is 10.6 Å². The molecular weight excluding hydrogens is 475 g/mol. The van der Waals surface area contributed by atoms with E-state index in [2.05, 4.69) is 36.6 Å². The van der Waals surface area contributed by atoms with Gasteiger partial charge in [-0.05, 0) is 67.0 Å². The zero-order valence-corrected chi connectivity index (χ0v) is 20.8. The third-order valence-electron chi connectivity index (χ3n) is 7.38. The number of aliphatic hydroxyl groups excluding tert-OH is 1. The smallest absolute Gasteiger partial charge is 0.258 e. The SMILES string of the molecule is C[C@H]1NC(=O)[C@@]2(C)CC[C@@H](c3ccc(OCC(=O)NCCO)cc3Cl)[C@H](c3ccc(Cl)cc3)[C@H]12. The molecule has 2 aromatic carbocycles. The van der Waals surface area contributed by atoms with Crippen LogP contribution in [0.2, 0.25) is 10.0 Å². The molecular formula is C26H30Cl2N2O4. The number of amides is 2. The van der Waals surface area contributed by atoms with Crippen molar-refractivity contribution >= 4 is 35.0 Å². The molecule has 1 saturated carbocycles. The number of carbonyl (C=O) groups excluding carboxylic acids is 2. The second-order valence-electron chi connectivity index (χ2n) is 9.47. The number of nitrogens with one attached hydrogen (secondary N) is 2. The summed E-state index contributed by atoms with van der Waals surface area (Å²) >= 11 is 12.9. The van der Waals surface area contributed by atoms with Gasteiger partial charge in [0, 0.05) is 28.5 Å². The highest BCUT2D eigenvalue weighted by molar-refractivity contribution is 6.31. The van der Waals surface area contributed by atoms with Crippen molar-refractivity contribution < 1.29 is 19.4 Å². The van der Waals surface area contributed by atoms with Crippen molar-refractivity contribution in [2.75, 3.05) is 19.8 Å². The van der Waals surface area contributed by atoms with Crippen LogP contribution in [0.25, 0.3) is 0 Å². The average Bonchev–Trinajstić information content (AvgIpc) is 3.04. The van der Waals surface area contributed by atoms with Crippen LogP contribution in [0.1, 0.15) is 49.7 Å². The van der Waals surface area contributed by atoms with E-state index in [0.717, 1.165) is 24.0 Å². The second kappa shape index (κ2) is 10.1. The molecule has 1 aliphatic heterocycles. The number of rotatable bonds is 7. The molecule has 6 nitrogen and oxygen atoms in total. The highest BCUT2D eigenvalue weighted by Crippen LogP contribution is 2.59. The molecule has 0 aromatic heterocycles. The zero-order chi connectivity index (χ0) is 24.5. The van der Waals surface area contributed by atoms with Crippen molar-refractivity contribution in [1.29, 1.82) is 0 Å². The topological polar surface area (TPSA) is 87.7 Å². The Labute approximate surface area is 210 Å². The summed E-state index contributed by atoms with van der Waals surface area (Å²) in [7, 11) is 0. The molecule has 2 fully saturated rings. The lowest BCUT2D eigenvalue weighted by Crippen LogP contribution is -2.42. The van der Waals surface area contributed by atoms with Crippen LogP contribution in [0.4, 0.5) is 0 Å². The Morgan fingerprint density at radius 1 is 1.24 bits per heavy atom. The van der Waals surface area contributed by atoms with Crippen molar-refractivity contribution in [3.63, 3.8) is 0 Å². The van der Waals surface area contributed by atoms with Crippen LogP contribution in [-0.2, 0) is 9.59 Å². The molecule has 8 heteroatoms. The molecule has 1 aliphatic carbocycles. The lowest BCUT2D eigenvalue weighted by atomic mass is 9.56. The van der Waals surface area contributed by atoms with Gasteiger partial charge in [-0.1, -0.05) is 48.3 Å². The maximum absolute atomic E-state index is 12.9. The van der Waals surface area contributed by atoms with Crippen LogP contribution in [-0.4, -0.2) is 42.7 Å². The van der Waals surface area contributed by atoms with Crippen LogP contribution in [0.3, 0.4) is 0 Å². The summed E-state index contributed by atoms with van der Waals surface area (Å²) in [5.41, 5.74) is 1.72. The summed E-state index contributed by atoms with van der Waals surface area (Å²) in [6.07, 6.45) is 1.60. The molecule has 1 saturated heterocycles. The lowest BCUT2D eigenvalue weighted by Gasteiger charge is -2.46. The third kappa shape index (κ3) is 4.77. The molecule has 5 atom stereocenters. The van der Waals surface area contributed by atoms with E-state index < -0.39 is 5.41 Å². The molecule has 2 amide bonds. The van der Waals surface area contributed by atoms with Gasteiger partial charge >= 0.3 is 0 Å². The maximum atomic E-state index is 12.9. The van der Waals surface area contributed by atoms with Crippen LogP contribution < -0.4 is 15.4 Å². The summed E-state index contributed by atoms with van der Waals surface area (Å²) in [5.74, 6) is 0.625. The number of ether oxygens (including phenoxy) is 1. The van der Waals surface area contributed by atoms with Gasteiger partial charge in [-0.3, -0.25) is 9.59 Å². The fourth-order valence-electron chi connectivity index (χ4n) is 5.80. The summed E-state index contributed by atoms with van der Waals surface area (Å²) < 4.78 is 5.58. The van der Waals surface area contributed by atoms with E-state index in [-0.39, 0.29) is 55.4 Å². The number of carbonyl (C=O) groups is 2. The number of fused-ring (bicyclic) bond motifs is 1. The second-order valence-corrected chi connectivity index (χ2v) is 10.3. The van der Waals surface area contributed by atoms with Crippen LogP contribution >= 0.6 is 23.2 Å². The van der Waals surface area contributed by atoms with E-state index in [4.69, 9.17) is 33.0 Å². The van der Waals surface area contributed by atoms with Gasteiger partial charge in [0.25, 0.3) is 5.91 Å². The fourth-order valence-corrected chi connectivity index (χ4v) is 6.24. The van der Waals surface area contributed by atoms with Gasteiger partial charge in [-0.25, -0.2) is 0 Å². The predicted octanol–water partition coefficient (Wildman–Crippen LogP) is 4.28. The molecule has 2 aliphatic rings. The largest absolute Gasteiger partial charge is 0.484 e. The molecule has 34 heavy (non-hydrogen) atoms. The molecule has 182 valence electrons. The van der Waals surface area contributed by atoms with E-state index in [1.54, 1.807) is 6.07 Å². The van der Waals surface area contributed by atoms with Crippen molar-refractivity contribution in [3.05, 3.63) is 63.6 Å². The third-order valence-corrected chi connectivity index (χ3v) is 7.96. The first-order valence-electron chi connectivity index (χ1n) is 11.6. The van der Waals surface area contributed by atoms with E-state index in [0.29, 0.717) is 15.8 Å². The van der Waals surface area contributed by atoms with Crippen molar-refractivity contribution in [2.45, 2.75) is 44.6 Å². The molecule has 4 rings (SSSR count). The monoisotopic (exact) mass is 504 g/mol. The maximum Gasteiger partial charge on any atom is 0.258 e. The number of hydrogen-bond acceptors (Lipinski definition) is 4. The van der Waals surface area contributed by atoms with E-state index in [1.807, 2.05) is 24.3 Å². The highest BCUT2D eigenvalue weighted by atomic mass is 35.5. The first kappa shape index (κ1) is 24.8. The van der Waals surface area contributed by atoms with Gasteiger partial charge in [0.1, 0.15) is 5.75 Å². The Hall–Kier alpha value is -2.28. The van der Waals surface area contributed by atoms with Gasteiger partial charge in [0.2, 0.25) is 5.91 Å². The minimum absolute atomic E-state index is 0.0415. The van der Waals surface area contributed by atoms with Gasteiger partial charge < -0.3 is 20.5 Å².